The maximum Gasteiger partial charge on any atom is 0.320 e. The molecule has 12 heteroatoms. The number of fused-ring (bicyclic) bond motifs is 2. The second-order valence-corrected chi connectivity index (χ2v) is 11.5. The number of nitrogen functional groups attached to an aromatic ring is 1. The highest BCUT2D eigenvalue weighted by Gasteiger charge is 2.35. The topological polar surface area (TPSA) is 118 Å². The summed E-state index contributed by atoms with van der Waals surface area (Å²) in [7, 11) is 0. The number of carbonyl (C=O) groups excluding carboxylic acids is 1. The molecule has 0 radical (unpaired) electrons. The number of halogens is 1. The largest absolute Gasteiger partial charge is 0.465 e. The van der Waals surface area contributed by atoms with E-state index in [9.17, 15) is 4.79 Å². The molecule has 2 aromatic carbocycles. The maximum atomic E-state index is 15.3. The van der Waals surface area contributed by atoms with Gasteiger partial charge in [0.25, 0.3) is 0 Å². The molecule has 11 nitrogen and oxygen atoms in total. The van der Waals surface area contributed by atoms with Crippen LogP contribution in [0.25, 0.3) is 16.9 Å². The molecule has 2 saturated heterocycles. The molecule has 228 valence electrons. The van der Waals surface area contributed by atoms with Crippen LogP contribution in [0, 0.1) is 5.82 Å². The van der Waals surface area contributed by atoms with Crippen molar-refractivity contribution in [3.63, 3.8) is 0 Å². The average molecular weight is 598 g/mol. The van der Waals surface area contributed by atoms with Crippen molar-refractivity contribution in [2.45, 2.75) is 25.7 Å². The van der Waals surface area contributed by atoms with E-state index in [1.54, 1.807) is 23.7 Å². The molecule has 0 unspecified atom stereocenters. The second-order valence-electron chi connectivity index (χ2n) is 11.5. The highest BCUT2D eigenvalue weighted by Crippen LogP contribution is 2.46. The molecule has 4 aliphatic heterocycles. The number of nitrogens with zero attached hydrogens (tertiary/aromatic N) is 7. The molecule has 3 N–H and O–H groups in total. The number of piperazine rings is 1. The first-order chi connectivity index (χ1) is 21.5. The minimum Gasteiger partial charge on any atom is -0.465 e. The van der Waals surface area contributed by atoms with Gasteiger partial charge in [0.1, 0.15) is 5.82 Å². The van der Waals surface area contributed by atoms with Crippen LogP contribution in [0.5, 0.6) is 0 Å². The molecule has 0 aliphatic carbocycles. The van der Waals surface area contributed by atoms with E-state index in [1.807, 2.05) is 34.1 Å². The highest BCUT2D eigenvalue weighted by molar-refractivity contribution is 5.83. The molecule has 4 aromatic rings. The van der Waals surface area contributed by atoms with Crippen LogP contribution in [0.3, 0.4) is 0 Å². The van der Waals surface area contributed by atoms with Crippen LogP contribution in [0.4, 0.5) is 33.3 Å². The van der Waals surface area contributed by atoms with Crippen molar-refractivity contribution in [1.29, 1.82) is 0 Å². The fourth-order valence-electron chi connectivity index (χ4n) is 6.54. The Morgan fingerprint density at radius 2 is 1.77 bits per heavy atom. The molecule has 2 fully saturated rings. The molecule has 0 saturated carbocycles. The fraction of sp³-hybridized carbons (Fsp3) is 0.375. The van der Waals surface area contributed by atoms with Crippen molar-refractivity contribution in [3.05, 3.63) is 66.1 Å². The van der Waals surface area contributed by atoms with Gasteiger partial charge in [-0.2, -0.15) is 9.67 Å². The van der Waals surface area contributed by atoms with E-state index in [4.69, 9.17) is 15.5 Å². The van der Waals surface area contributed by atoms with Crippen LogP contribution >= 0.6 is 0 Å². The summed E-state index contributed by atoms with van der Waals surface area (Å²) in [6.45, 7) is 7.03. The predicted molar refractivity (Wildman–Crippen MR) is 168 cm³/mol. The number of carbonyl (C=O) groups is 1. The molecule has 8 rings (SSSR count). The maximum absolute atomic E-state index is 15.3. The van der Waals surface area contributed by atoms with Gasteiger partial charge in [-0.15, -0.1) is 5.10 Å². The van der Waals surface area contributed by atoms with Crippen molar-refractivity contribution >= 4 is 34.9 Å². The van der Waals surface area contributed by atoms with Crippen molar-refractivity contribution in [2.24, 2.45) is 0 Å². The Morgan fingerprint density at radius 3 is 2.50 bits per heavy atom. The van der Waals surface area contributed by atoms with Gasteiger partial charge < -0.3 is 25.6 Å². The zero-order valence-corrected chi connectivity index (χ0v) is 24.7. The Labute approximate surface area is 255 Å². The van der Waals surface area contributed by atoms with Gasteiger partial charge in [-0.1, -0.05) is 30.3 Å². The third kappa shape index (κ3) is 5.41. The van der Waals surface area contributed by atoms with E-state index in [0.717, 1.165) is 42.8 Å². The Kier molecular flexibility index (Phi) is 7.51. The van der Waals surface area contributed by atoms with E-state index < -0.39 is 0 Å². The lowest BCUT2D eigenvalue weighted by molar-refractivity contribution is -0.144. The van der Waals surface area contributed by atoms with E-state index in [2.05, 4.69) is 32.4 Å². The summed E-state index contributed by atoms with van der Waals surface area (Å²) in [5, 5.41) is 7.73. The molecule has 4 aliphatic rings. The summed E-state index contributed by atoms with van der Waals surface area (Å²) >= 11 is 0. The predicted octanol–water partition coefficient (Wildman–Crippen LogP) is 4.18. The molecule has 2 aromatic heterocycles. The molecule has 0 atom stereocenters. The summed E-state index contributed by atoms with van der Waals surface area (Å²) in [4.78, 5) is 27.7. The Morgan fingerprint density at radius 1 is 1.00 bits per heavy atom. The normalized spacial score (nSPS) is 16.7. The van der Waals surface area contributed by atoms with E-state index in [0.29, 0.717) is 55.9 Å². The van der Waals surface area contributed by atoms with E-state index in [1.165, 1.54) is 11.8 Å². The van der Waals surface area contributed by atoms with Crippen LogP contribution in [-0.4, -0.2) is 83.0 Å². The van der Waals surface area contributed by atoms with Gasteiger partial charge >= 0.3 is 5.97 Å². The van der Waals surface area contributed by atoms with Crippen molar-refractivity contribution in [2.75, 3.05) is 73.3 Å². The SMILES string of the molecule is CCOC(=O)CN1CCN(c2ccc(Nc3nc(N)n(-c4cc(-c5ccccc5)c5c(n4)C4CCN5CC4)n3)cc2F)CC1. The zero-order valence-electron chi connectivity index (χ0n) is 24.7. The number of esters is 1. The number of piperidine rings is 1. The summed E-state index contributed by atoms with van der Waals surface area (Å²) in [5.74, 6) is 0.879. The lowest BCUT2D eigenvalue weighted by Crippen LogP contribution is -2.48. The van der Waals surface area contributed by atoms with Gasteiger partial charge in [-0.3, -0.25) is 9.69 Å². The Bertz CT molecular complexity index is 1660. The van der Waals surface area contributed by atoms with Crippen molar-refractivity contribution in [1.82, 2.24) is 24.6 Å². The van der Waals surface area contributed by atoms with Gasteiger partial charge in [0, 0.05) is 56.4 Å². The molecule has 0 spiro atoms. The fourth-order valence-corrected chi connectivity index (χ4v) is 6.54. The number of hydrogen-bond acceptors (Lipinski definition) is 10. The third-order valence-corrected chi connectivity index (χ3v) is 8.71. The lowest BCUT2D eigenvalue weighted by Gasteiger charge is -2.42. The summed E-state index contributed by atoms with van der Waals surface area (Å²) < 4.78 is 21.9. The quantitative estimate of drug-likeness (QED) is 0.287. The average Bonchev–Trinajstić information content (AvgIpc) is 3.41. The molecule has 0 amide bonds. The van der Waals surface area contributed by atoms with E-state index in [-0.39, 0.29) is 30.2 Å². The number of hydrogen-bond donors (Lipinski definition) is 2. The lowest BCUT2D eigenvalue weighted by atomic mass is 9.84. The number of nitrogens with one attached hydrogen (secondary N) is 1. The van der Waals surface area contributed by atoms with Gasteiger partial charge in [0.05, 0.1) is 30.2 Å². The van der Waals surface area contributed by atoms with Gasteiger partial charge in [-0.25, -0.2) is 9.37 Å². The van der Waals surface area contributed by atoms with Crippen LogP contribution < -0.4 is 20.9 Å². The number of anilines is 5. The van der Waals surface area contributed by atoms with Crippen LogP contribution in [-0.2, 0) is 9.53 Å². The first-order valence-corrected chi connectivity index (χ1v) is 15.2. The van der Waals surface area contributed by atoms with Crippen LogP contribution in [0.15, 0.2) is 54.6 Å². The number of rotatable bonds is 8. The monoisotopic (exact) mass is 597 g/mol. The smallest absolute Gasteiger partial charge is 0.320 e. The standard InChI is InChI=1S/C32H36FN9O2/c1-2-44-28(43)20-39-14-16-40(17-15-39)26-9-8-23(18-25(26)33)35-32-37-31(34)42(38-32)27-19-24(21-6-4-3-5-7-21)30-29(36-27)22-10-12-41(30)13-11-22/h3-9,18-19,22H,2,10-17,20H2,1H3,(H3,34,35,37,38). The zero-order chi connectivity index (χ0) is 30.2. The van der Waals surface area contributed by atoms with Crippen LogP contribution in [0.1, 0.15) is 31.4 Å². The number of benzene rings is 2. The summed E-state index contributed by atoms with van der Waals surface area (Å²) in [6, 6.07) is 17.3. The molecule has 44 heavy (non-hydrogen) atoms. The minimum atomic E-state index is -0.352. The molecular weight excluding hydrogens is 561 g/mol. The number of pyridine rings is 1. The second kappa shape index (κ2) is 11.8. The van der Waals surface area contributed by atoms with Crippen molar-refractivity contribution in [3.8, 4) is 16.9 Å². The Hall–Kier alpha value is -4.71. The molecule has 6 heterocycles. The van der Waals surface area contributed by atoms with Gasteiger partial charge in [-0.05, 0) is 49.6 Å². The minimum absolute atomic E-state index is 0.193. The Balaban J connectivity index is 1.10. The van der Waals surface area contributed by atoms with Crippen molar-refractivity contribution < 1.29 is 13.9 Å². The summed E-state index contributed by atoms with van der Waals surface area (Å²) in [5.41, 5.74) is 11.9. The summed E-state index contributed by atoms with van der Waals surface area (Å²) in [6.07, 6.45) is 2.17. The number of aromatic nitrogens is 4. The first kappa shape index (κ1) is 28.1. The molecule has 2 bridgehead atoms. The van der Waals surface area contributed by atoms with Crippen LogP contribution in [0.2, 0.25) is 0 Å². The first-order valence-electron chi connectivity index (χ1n) is 15.2. The molecular formula is C32H36FN9O2. The number of nitrogens with two attached hydrogens (primary N) is 1. The van der Waals surface area contributed by atoms with Gasteiger partial charge in [0.15, 0.2) is 5.82 Å². The number of ether oxygens (including phenoxy) is 1. The highest BCUT2D eigenvalue weighted by atomic mass is 19.1. The van der Waals surface area contributed by atoms with Gasteiger partial charge in [0.2, 0.25) is 11.9 Å². The third-order valence-electron chi connectivity index (χ3n) is 8.71. The van der Waals surface area contributed by atoms with E-state index >= 15 is 4.39 Å².